The highest BCUT2D eigenvalue weighted by Gasteiger charge is 2.14. The molecular formula is C13H15ClN2O2S2. The monoisotopic (exact) mass is 330 g/mol. The predicted octanol–water partition coefficient (Wildman–Crippen LogP) is 4.33. The van der Waals surface area contributed by atoms with E-state index in [2.05, 4.69) is 28.6 Å². The van der Waals surface area contributed by atoms with Gasteiger partial charge >= 0.3 is 5.97 Å². The highest BCUT2D eigenvalue weighted by molar-refractivity contribution is 7.98. The van der Waals surface area contributed by atoms with Crippen molar-refractivity contribution in [3.63, 3.8) is 0 Å². The number of methoxy groups -OCH3 is 1. The minimum atomic E-state index is -0.353. The highest BCUT2D eigenvalue weighted by atomic mass is 35.5. The molecule has 0 bridgehead atoms. The van der Waals surface area contributed by atoms with Crippen molar-refractivity contribution in [1.29, 1.82) is 0 Å². The number of rotatable bonds is 5. The Bertz CT molecular complexity index is 607. The molecule has 0 spiro atoms. The van der Waals surface area contributed by atoms with Crippen LogP contribution in [0, 0.1) is 0 Å². The van der Waals surface area contributed by atoms with Gasteiger partial charge in [-0.3, -0.25) is 0 Å². The SMILES string of the molecule is COC(=O)c1cc(CSc2ncc(C(C)C)[nH]2)c(Cl)s1. The molecular weight excluding hydrogens is 316 g/mol. The van der Waals surface area contributed by atoms with E-state index in [0.717, 1.165) is 16.4 Å². The van der Waals surface area contributed by atoms with E-state index in [1.54, 1.807) is 17.8 Å². The van der Waals surface area contributed by atoms with Crippen molar-refractivity contribution in [3.05, 3.63) is 32.7 Å². The lowest BCUT2D eigenvalue weighted by atomic mass is 10.2. The first kappa shape index (κ1) is 15.4. The molecule has 0 fully saturated rings. The van der Waals surface area contributed by atoms with Gasteiger partial charge in [-0.2, -0.15) is 0 Å². The van der Waals surface area contributed by atoms with Crippen molar-refractivity contribution in [3.8, 4) is 0 Å². The lowest BCUT2D eigenvalue weighted by Gasteiger charge is -1.99. The van der Waals surface area contributed by atoms with Gasteiger partial charge < -0.3 is 9.72 Å². The standard InChI is InChI=1S/C13H15ClN2O2S2/c1-7(2)9-5-15-13(16-9)19-6-8-4-10(12(17)18-3)20-11(8)14/h4-5,7H,6H2,1-3H3,(H,15,16). The number of carbonyl (C=O) groups excluding carboxylic acids is 1. The lowest BCUT2D eigenvalue weighted by Crippen LogP contribution is -1.97. The second-order valence-electron chi connectivity index (χ2n) is 4.49. The second kappa shape index (κ2) is 6.65. The maximum absolute atomic E-state index is 11.4. The zero-order chi connectivity index (χ0) is 14.7. The first-order valence-electron chi connectivity index (χ1n) is 6.05. The molecule has 0 saturated carbocycles. The number of ether oxygens (including phenoxy) is 1. The van der Waals surface area contributed by atoms with Gasteiger partial charge in [0.2, 0.25) is 0 Å². The molecule has 0 saturated heterocycles. The van der Waals surface area contributed by atoms with Crippen molar-refractivity contribution in [2.45, 2.75) is 30.7 Å². The third-order valence-electron chi connectivity index (χ3n) is 2.70. The Hall–Kier alpha value is -0.980. The Labute approximate surface area is 130 Å². The Morgan fingerprint density at radius 2 is 2.35 bits per heavy atom. The lowest BCUT2D eigenvalue weighted by molar-refractivity contribution is 0.0606. The van der Waals surface area contributed by atoms with Crippen LogP contribution in [0.4, 0.5) is 0 Å². The van der Waals surface area contributed by atoms with Crippen molar-refractivity contribution in [1.82, 2.24) is 9.97 Å². The van der Waals surface area contributed by atoms with E-state index >= 15 is 0 Å². The number of esters is 1. The van der Waals surface area contributed by atoms with Crippen LogP contribution >= 0.6 is 34.7 Å². The van der Waals surface area contributed by atoms with Gasteiger partial charge in [0.05, 0.1) is 11.4 Å². The normalized spacial score (nSPS) is 11.1. The third-order valence-corrected chi connectivity index (χ3v) is 5.06. The van der Waals surface area contributed by atoms with Crippen molar-refractivity contribution in [2.75, 3.05) is 7.11 Å². The zero-order valence-electron chi connectivity index (χ0n) is 11.4. The van der Waals surface area contributed by atoms with E-state index in [-0.39, 0.29) is 5.97 Å². The Morgan fingerprint density at radius 3 is 2.95 bits per heavy atom. The van der Waals surface area contributed by atoms with E-state index in [0.29, 0.717) is 20.9 Å². The number of hydrogen-bond acceptors (Lipinski definition) is 5. The third kappa shape index (κ3) is 3.56. The molecule has 0 aliphatic heterocycles. The number of thioether (sulfide) groups is 1. The van der Waals surface area contributed by atoms with E-state index in [1.807, 2.05) is 6.20 Å². The summed E-state index contributed by atoms with van der Waals surface area (Å²) in [5, 5.41) is 0.857. The number of hydrogen-bond donors (Lipinski definition) is 1. The highest BCUT2D eigenvalue weighted by Crippen LogP contribution is 2.32. The maximum atomic E-state index is 11.4. The fourth-order valence-electron chi connectivity index (χ4n) is 1.54. The number of aromatic nitrogens is 2. The first-order chi connectivity index (χ1) is 9.51. The molecule has 0 amide bonds. The van der Waals surface area contributed by atoms with Crippen molar-refractivity contribution >= 4 is 40.7 Å². The Kier molecular flexibility index (Phi) is 5.12. The van der Waals surface area contributed by atoms with Crippen molar-refractivity contribution in [2.24, 2.45) is 0 Å². The minimum absolute atomic E-state index is 0.353. The van der Waals surface area contributed by atoms with Crippen LogP contribution in [0.1, 0.15) is 40.7 Å². The minimum Gasteiger partial charge on any atom is -0.465 e. The summed E-state index contributed by atoms with van der Waals surface area (Å²) >= 11 is 8.94. The molecule has 0 atom stereocenters. The van der Waals surface area contributed by atoms with E-state index in [4.69, 9.17) is 11.6 Å². The predicted molar refractivity (Wildman–Crippen MR) is 82.9 cm³/mol. The van der Waals surface area contributed by atoms with Gasteiger partial charge in [0.25, 0.3) is 0 Å². The smallest absolute Gasteiger partial charge is 0.348 e. The molecule has 0 aromatic carbocycles. The zero-order valence-corrected chi connectivity index (χ0v) is 13.8. The van der Waals surface area contributed by atoms with Crippen LogP contribution in [0.3, 0.4) is 0 Å². The summed E-state index contributed by atoms with van der Waals surface area (Å²) in [6.07, 6.45) is 1.85. The number of halogens is 1. The largest absolute Gasteiger partial charge is 0.465 e. The van der Waals surface area contributed by atoms with Gasteiger partial charge in [0.15, 0.2) is 5.16 Å². The number of thiophene rings is 1. The molecule has 0 aliphatic carbocycles. The number of aromatic amines is 1. The van der Waals surface area contributed by atoms with Gasteiger partial charge in [-0.15, -0.1) is 11.3 Å². The summed E-state index contributed by atoms with van der Waals surface area (Å²) in [7, 11) is 1.36. The van der Waals surface area contributed by atoms with E-state index < -0.39 is 0 Å². The molecule has 0 aliphatic rings. The number of nitrogens with zero attached hydrogens (tertiary/aromatic N) is 1. The molecule has 0 unspecified atom stereocenters. The summed E-state index contributed by atoms with van der Waals surface area (Å²) in [5.41, 5.74) is 2.03. The van der Waals surface area contributed by atoms with Crippen LogP contribution in [-0.4, -0.2) is 23.0 Å². The average Bonchev–Trinajstić information content (AvgIpc) is 3.02. The molecule has 1 N–H and O–H groups in total. The van der Waals surface area contributed by atoms with Gasteiger partial charge in [0.1, 0.15) is 4.88 Å². The molecule has 2 aromatic heterocycles. The Morgan fingerprint density at radius 1 is 1.60 bits per heavy atom. The molecule has 7 heteroatoms. The summed E-state index contributed by atoms with van der Waals surface area (Å²) in [5.74, 6) is 0.734. The van der Waals surface area contributed by atoms with Crippen molar-refractivity contribution < 1.29 is 9.53 Å². The van der Waals surface area contributed by atoms with Crippen LogP contribution in [-0.2, 0) is 10.5 Å². The fraction of sp³-hybridized carbons (Fsp3) is 0.385. The number of nitrogens with one attached hydrogen (secondary N) is 1. The molecule has 2 rings (SSSR count). The maximum Gasteiger partial charge on any atom is 0.348 e. The summed E-state index contributed by atoms with van der Waals surface area (Å²) in [6.45, 7) is 4.22. The number of carbonyl (C=O) groups is 1. The van der Waals surface area contributed by atoms with Gasteiger partial charge in [-0.05, 0) is 17.5 Å². The quantitative estimate of drug-likeness (QED) is 0.655. The fourth-order valence-corrected chi connectivity index (χ4v) is 3.74. The number of imidazole rings is 1. The van der Waals surface area contributed by atoms with Crippen LogP contribution in [0.25, 0.3) is 0 Å². The van der Waals surface area contributed by atoms with Gasteiger partial charge in [-0.25, -0.2) is 9.78 Å². The summed E-state index contributed by atoms with van der Waals surface area (Å²) in [4.78, 5) is 19.5. The molecule has 108 valence electrons. The first-order valence-corrected chi connectivity index (χ1v) is 8.23. The van der Waals surface area contributed by atoms with Gasteiger partial charge in [-0.1, -0.05) is 37.2 Å². The van der Waals surface area contributed by atoms with Crippen LogP contribution in [0.15, 0.2) is 17.4 Å². The molecule has 0 radical (unpaired) electrons. The summed E-state index contributed by atoms with van der Waals surface area (Å²) < 4.78 is 5.30. The van der Waals surface area contributed by atoms with Gasteiger partial charge in [0, 0.05) is 17.6 Å². The molecule has 20 heavy (non-hydrogen) atoms. The summed E-state index contributed by atoms with van der Waals surface area (Å²) in [6, 6.07) is 1.78. The van der Waals surface area contributed by atoms with E-state index in [9.17, 15) is 4.79 Å². The van der Waals surface area contributed by atoms with Crippen LogP contribution in [0.2, 0.25) is 4.34 Å². The molecule has 2 aromatic rings. The molecule has 4 nitrogen and oxygen atoms in total. The second-order valence-corrected chi connectivity index (χ2v) is 7.11. The average molecular weight is 331 g/mol. The molecule has 2 heterocycles. The topological polar surface area (TPSA) is 55.0 Å². The van der Waals surface area contributed by atoms with E-state index in [1.165, 1.54) is 18.4 Å². The number of H-pyrrole nitrogens is 1. The van der Waals surface area contributed by atoms with Crippen LogP contribution < -0.4 is 0 Å². The Balaban J connectivity index is 2.03. The van der Waals surface area contributed by atoms with Crippen LogP contribution in [0.5, 0.6) is 0 Å².